The van der Waals surface area contributed by atoms with E-state index < -0.39 is 0 Å². The largest absolute Gasteiger partial charge is 0.385 e. The van der Waals surface area contributed by atoms with E-state index in [1.165, 1.54) is 0 Å². The number of nitrogens with one attached hydrogen (secondary N) is 2. The minimum atomic E-state index is -0.328. The molecule has 2 rings (SSSR count). The Morgan fingerprint density at radius 2 is 1.96 bits per heavy atom. The normalized spacial score (nSPS) is 11.4. The van der Waals surface area contributed by atoms with E-state index in [2.05, 4.69) is 36.1 Å². The molecule has 1 aromatic heterocycles. The fraction of sp³-hybridized carbons (Fsp3) is 0.550. The Balaban J connectivity index is 1.92. The summed E-state index contributed by atoms with van der Waals surface area (Å²) in [7, 11) is 4.21. The average molecular weight is 391 g/mol. The van der Waals surface area contributed by atoms with Gasteiger partial charge in [0.25, 0.3) is 5.69 Å². The van der Waals surface area contributed by atoms with Crippen LogP contribution in [0.5, 0.6) is 0 Å². The molecule has 0 unspecified atom stereocenters. The molecule has 0 amide bonds. The highest BCUT2D eigenvalue weighted by atomic mass is 16.6. The van der Waals surface area contributed by atoms with Gasteiger partial charge in [-0.3, -0.25) is 10.1 Å². The van der Waals surface area contributed by atoms with E-state index in [4.69, 9.17) is 0 Å². The van der Waals surface area contributed by atoms with E-state index in [1.807, 2.05) is 36.4 Å². The Kier molecular flexibility index (Phi) is 7.80. The smallest absolute Gasteiger partial charge is 0.292 e. The van der Waals surface area contributed by atoms with Gasteiger partial charge < -0.3 is 15.1 Å². The lowest BCUT2D eigenvalue weighted by molar-refractivity contribution is -0.904. The van der Waals surface area contributed by atoms with Crippen LogP contribution < -0.4 is 15.2 Å². The third kappa shape index (κ3) is 6.23. The van der Waals surface area contributed by atoms with Crippen LogP contribution in [0.15, 0.2) is 36.9 Å². The topological polar surface area (TPSA) is 76.0 Å². The lowest BCUT2D eigenvalue weighted by Crippen LogP contribution is -2.46. The average Bonchev–Trinajstić information content (AvgIpc) is 3.10. The molecule has 1 heterocycles. The lowest BCUT2D eigenvalue weighted by atomic mass is 10.2. The van der Waals surface area contributed by atoms with E-state index in [-0.39, 0.29) is 10.6 Å². The number of nitro benzene ring substituents is 1. The molecule has 2 N–H and O–H groups in total. The molecule has 8 heteroatoms. The van der Waals surface area contributed by atoms with Gasteiger partial charge in [0.2, 0.25) is 6.33 Å². The molecule has 0 aliphatic rings. The summed E-state index contributed by atoms with van der Waals surface area (Å²) in [6.45, 7) is 9.79. The van der Waals surface area contributed by atoms with Crippen LogP contribution in [-0.4, -0.2) is 53.7 Å². The van der Waals surface area contributed by atoms with Crippen molar-refractivity contribution in [3.05, 3.63) is 47.0 Å². The van der Waals surface area contributed by atoms with Crippen LogP contribution >= 0.6 is 0 Å². The van der Waals surface area contributed by atoms with Crippen LogP contribution in [-0.2, 0) is 13.6 Å². The first-order valence-corrected chi connectivity index (χ1v) is 9.97. The maximum atomic E-state index is 11.4. The number of aromatic nitrogens is 2. The fourth-order valence-electron chi connectivity index (χ4n) is 3.08. The highest BCUT2D eigenvalue weighted by Gasteiger charge is 2.18. The zero-order valence-electron chi connectivity index (χ0n) is 17.5. The summed E-state index contributed by atoms with van der Waals surface area (Å²) < 4.78 is 5.10. The van der Waals surface area contributed by atoms with E-state index in [1.54, 1.807) is 12.1 Å². The standard InChI is InChI=1S/C20H34N6O2/c1-5-26(4,6-2)15-11-22-19-16-18(8-9-20(19)25(27)28)21-10-7-12-24-14-13-23(3)17-24/h8-9,13-14,16-17,21-22H,5-7,10-12,15H2,1-4H3/q+2. The van der Waals surface area contributed by atoms with E-state index in [0.717, 1.165) is 49.3 Å². The Hall–Kier alpha value is -2.61. The second kappa shape index (κ2) is 10.1. The van der Waals surface area contributed by atoms with Crippen LogP contribution in [0, 0.1) is 10.1 Å². The summed E-state index contributed by atoms with van der Waals surface area (Å²) in [6.07, 6.45) is 7.08. The molecular weight excluding hydrogens is 356 g/mol. The minimum absolute atomic E-state index is 0.118. The van der Waals surface area contributed by atoms with E-state index >= 15 is 0 Å². The summed E-state index contributed by atoms with van der Waals surface area (Å²) in [5.74, 6) is 0. The number of likely N-dealkylation sites (N-methyl/N-ethyl adjacent to an activating group) is 1. The molecule has 0 radical (unpaired) electrons. The third-order valence-electron chi connectivity index (χ3n) is 5.43. The summed E-state index contributed by atoms with van der Waals surface area (Å²) in [5, 5.41) is 18.0. The number of quaternary nitrogens is 1. The SMILES string of the molecule is CC[N+](C)(CC)CCNc1cc(NCCCn2cc[n+](C)c2)ccc1[N+](=O)[O-]. The summed E-state index contributed by atoms with van der Waals surface area (Å²) in [4.78, 5) is 11.0. The maximum absolute atomic E-state index is 11.4. The second-order valence-electron chi connectivity index (χ2n) is 7.49. The second-order valence-corrected chi connectivity index (χ2v) is 7.49. The Morgan fingerprint density at radius 3 is 2.57 bits per heavy atom. The minimum Gasteiger partial charge on any atom is -0.385 e. The number of nitro groups is 1. The molecule has 0 aliphatic heterocycles. The molecule has 0 aliphatic carbocycles. The van der Waals surface area contributed by atoms with Crippen LogP contribution in [0.4, 0.5) is 17.1 Å². The molecule has 1 aromatic carbocycles. The molecule has 8 nitrogen and oxygen atoms in total. The van der Waals surface area contributed by atoms with Gasteiger partial charge in [-0.1, -0.05) is 0 Å². The fourth-order valence-corrected chi connectivity index (χ4v) is 3.08. The van der Waals surface area contributed by atoms with Gasteiger partial charge in [0, 0.05) is 24.7 Å². The van der Waals surface area contributed by atoms with Gasteiger partial charge in [-0.2, -0.15) is 0 Å². The molecule has 0 spiro atoms. The molecule has 2 aromatic rings. The molecular formula is C20H34N6O2+2. The summed E-state index contributed by atoms with van der Waals surface area (Å²) in [5.41, 5.74) is 1.59. The molecule has 0 atom stereocenters. The summed E-state index contributed by atoms with van der Waals surface area (Å²) >= 11 is 0. The monoisotopic (exact) mass is 390 g/mol. The van der Waals surface area contributed by atoms with Crippen molar-refractivity contribution in [3.63, 3.8) is 0 Å². The number of anilines is 2. The predicted molar refractivity (Wildman–Crippen MR) is 112 cm³/mol. The first-order valence-electron chi connectivity index (χ1n) is 9.97. The van der Waals surface area contributed by atoms with Gasteiger partial charge in [-0.25, -0.2) is 9.13 Å². The predicted octanol–water partition coefficient (Wildman–Crippen LogP) is 2.62. The third-order valence-corrected chi connectivity index (χ3v) is 5.43. The zero-order chi connectivity index (χ0) is 20.6. The van der Waals surface area contributed by atoms with Crippen LogP contribution in [0.2, 0.25) is 0 Å². The van der Waals surface area contributed by atoms with Crippen molar-refractivity contribution in [3.8, 4) is 0 Å². The number of aryl methyl sites for hydroxylation is 2. The van der Waals surface area contributed by atoms with E-state index in [0.29, 0.717) is 12.2 Å². The molecule has 0 saturated carbocycles. The van der Waals surface area contributed by atoms with Gasteiger partial charge in [0.05, 0.1) is 51.7 Å². The Labute approximate surface area is 167 Å². The quantitative estimate of drug-likeness (QED) is 0.192. The van der Waals surface area contributed by atoms with Gasteiger partial charge in [-0.05, 0) is 26.0 Å². The molecule has 28 heavy (non-hydrogen) atoms. The first-order chi connectivity index (χ1) is 13.4. The Bertz CT molecular complexity index is 770. The van der Waals surface area contributed by atoms with Crippen molar-refractivity contribution in [2.75, 3.05) is 50.4 Å². The van der Waals surface area contributed by atoms with Crippen molar-refractivity contribution < 1.29 is 14.0 Å². The van der Waals surface area contributed by atoms with Gasteiger partial charge >= 0.3 is 0 Å². The molecule has 0 fully saturated rings. The Morgan fingerprint density at radius 1 is 1.21 bits per heavy atom. The lowest BCUT2D eigenvalue weighted by Gasteiger charge is -2.32. The number of hydrogen-bond donors (Lipinski definition) is 2. The number of rotatable bonds is 12. The van der Waals surface area contributed by atoms with Crippen LogP contribution in [0.25, 0.3) is 0 Å². The number of nitrogens with zero attached hydrogens (tertiary/aromatic N) is 4. The first kappa shape index (κ1) is 21.7. The van der Waals surface area contributed by atoms with Gasteiger partial charge in [0.15, 0.2) is 0 Å². The van der Waals surface area contributed by atoms with Crippen LogP contribution in [0.3, 0.4) is 0 Å². The van der Waals surface area contributed by atoms with Crippen molar-refractivity contribution in [1.82, 2.24) is 4.57 Å². The summed E-state index contributed by atoms with van der Waals surface area (Å²) in [6, 6.07) is 5.19. The zero-order valence-corrected chi connectivity index (χ0v) is 17.5. The van der Waals surface area contributed by atoms with Crippen LogP contribution in [0.1, 0.15) is 20.3 Å². The molecule has 0 saturated heterocycles. The van der Waals surface area contributed by atoms with E-state index in [9.17, 15) is 10.1 Å². The van der Waals surface area contributed by atoms with Crippen molar-refractivity contribution >= 4 is 17.1 Å². The molecule has 154 valence electrons. The number of hydrogen-bond acceptors (Lipinski definition) is 4. The highest BCUT2D eigenvalue weighted by molar-refractivity contribution is 5.68. The number of benzene rings is 1. The maximum Gasteiger partial charge on any atom is 0.292 e. The van der Waals surface area contributed by atoms with Crippen molar-refractivity contribution in [1.29, 1.82) is 0 Å². The van der Waals surface area contributed by atoms with Gasteiger partial charge in [-0.15, -0.1) is 0 Å². The molecule has 0 bridgehead atoms. The van der Waals surface area contributed by atoms with Gasteiger partial charge in [0.1, 0.15) is 18.1 Å². The van der Waals surface area contributed by atoms with Crippen molar-refractivity contribution in [2.24, 2.45) is 7.05 Å². The highest BCUT2D eigenvalue weighted by Crippen LogP contribution is 2.27. The number of imidazole rings is 1. The van der Waals surface area contributed by atoms with Crippen molar-refractivity contribution in [2.45, 2.75) is 26.8 Å².